The van der Waals surface area contributed by atoms with Crippen LogP contribution in [-0.2, 0) is 9.59 Å². The average molecular weight is 555 g/mol. The van der Waals surface area contributed by atoms with Crippen LogP contribution in [0.3, 0.4) is 0 Å². The van der Waals surface area contributed by atoms with Crippen LogP contribution < -0.4 is 0 Å². The van der Waals surface area contributed by atoms with E-state index in [2.05, 4.69) is 26.0 Å². The van der Waals surface area contributed by atoms with E-state index >= 15 is 0 Å². The molecule has 0 saturated carbocycles. The smallest absolute Gasteiger partial charge is 0.332 e. The molecule has 1 unspecified atom stereocenters. The molecular formula is C34H66O5. The van der Waals surface area contributed by atoms with Gasteiger partial charge in [0.15, 0.2) is 6.10 Å². The van der Waals surface area contributed by atoms with Gasteiger partial charge in [0.2, 0.25) is 0 Å². The summed E-state index contributed by atoms with van der Waals surface area (Å²) in [4.78, 5) is 20.7. The first-order valence-electron chi connectivity index (χ1n) is 16.7. The highest BCUT2D eigenvalue weighted by atomic mass is 16.4. The molecule has 0 aliphatic rings. The highest BCUT2D eigenvalue weighted by Crippen LogP contribution is 2.14. The quantitative estimate of drug-likeness (QED) is 0.0631. The van der Waals surface area contributed by atoms with Crippen LogP contribution in [-0.4, -0.2) is 33.4 Å². The van der Waals surface area contributed by atoms with E-state index in [4.69, 9.17) is 15.3 Å². The second-order valence-electron chi connectivity index (χ2n) is 11.3. The lowest BCUT2D eigenvalue weighted by atomic mass is 10.0. The molecule has 0 fully saturated rings. The molecule has 0 aromatic heterocycles. The van der Waals surface area contributed by atoms with Crippen LogP contribution in [0.25, 0.3) is 0 Å². The van der Waals surface area contributed by atoms with Crippen molar-refractivity contribution in [3.63, 3.8) is 0 Å². The number of aliphatic hydroxyl groups is 1. The van der Waals surface area contributed by atoms with Gasteiger partial charge in [0, 0.05) is 6.42 Å². The van der Waals surface area contributed by atoms with E-state index in [9.17, 15) is 9.59 Å². The lowest BCUT2D eigenvalue weighted by Gasteiger charge is -2.05. The Balaban J connectivity index is 0. The summed E-state index contributed by atoms with van der Waals surface area (Å²) < 4.78 is 0. The second kappa shape index (κ2) is 34.7. The Hall–Kier alpha value is -1.36. The fourth-order valence-electron chi connectivity index (χ4n) is 4.65. The molecule has 0 bridgehead atoms. The third-order valence-electron chi connectivity index (χ3n) is 7.27. The van der Waals surface area contributed by atoms with E-state index in [1.165, 1.54) is 135 Å². The van der Waals surface area contributed by atoms with Crippen molar-refractivity contribution >= 4 is 11.9 Å². The van der Waals surface area contributed by atoms with Crippen molar-refractivity contribution in [3.05, 3.63) is 12.2 Å². The van der Waals surface area contributed by atoms with Gasteiger partial charge in [-0.2, -0.15) is 0 Å². The highest BCUT2D eigenvalue weighted by molar-refractivity contribution is 5.71. The van der Waals surface area contributed by atoms with Crippen molar-refractivity contribution in [1.29, 1.82) is 0 Å². The summed E-state index contributed by atoms with van der Waals surface area (Å²) in [7, 11) is 0. The van der Waals surface area contributed by atoms with E-state index in [0.717, 1.165) is 25.7 Å². The number of aliphatic hydroxyl groups excluding tert-OH is 1. The van der Waals surface area contributed by atoms with Crippen LogP contribution in [0.15, 0.2) is 12.2 Å². The molecule has 0 aliphatic carbocycles. The summed E-state index contributed by atoms with van der Waals surface area (Å²) in [6.07, 6.45) is 35.6. The zero-order chi connectivity index (χ0) is 29.2. The van der Waals surface area contributed by atoms with Crippen LogP contribution in [0.5, 0.6) is 0 Å². The van der Waals surface area contributed by atoms with Crippen molar-refractivity contribution in [2.75, 3.05) is 0 Å². The minimum Gasteiger partial charge on any atom is -0.481 e. The Bertz CT molecular complexity index is 532. The van der Waals surface area contributed by atoms with Gasteiger partial charge in [-0.25, -0.2) is 4.79 Å². The second-order valence-corrected chi connectivity index (χ2v) is 11.3. The lowest BCUT2D eigenvalue weighted by molar-refractivity contribution is -0.147. The summed E-state index contributed by atoms with van der Waals surface area (Å²) in [5.74, 6) is -1.76. The minimum atomic E-state index is -1.16. The first-order valence-corrected chi connectivity index (χ1v) is 16.7. The Kier molecular flexibility index (Phi) is 35.4. The summed E-state index contributed by atoms with van der Waals surface area (Å²) in [5, 5.41) is 26.1. The predicted molar refractivity (Wildman–Crippen MR) is 166 cm³/mol. The van der Waals surface area contributed by atoms with Gasteiger partial charge >= 0.3 is 11.9 Å². The highest BCUT2D eigenvalue weighted by Gasteiger charge is 2.11. The first kappa shape index (κ1) is 39.8. The molecule has 5 heteroatoms. The zero-order valence-electron chi connectivity index (χ0n) is 26.0. The molecule has 232 valence electrons. The van der Waals surface area contributed by atoms with Gasteiger partial charge in [-0.1, -0.05) is 154 Å². The molecule has 0 aromatic carbocycles. The fraction of sp³-hybridized carbons (Fsp3) is 0.882. The van der Waals surface area contributed by atoms with Crippen molar-refractivity contribution < 1.29 is 24.9 Å². The van der Waals surface area contributed by atoms with Crippen molar-refractivity contribution in [2.45, 2.75) is 193 Å². The molecule has 0 aromatic rings. The molecule has 3 N–H and O–H groups in total. The van der Waals surface area contributed by atoms with E-state index in [-0.39, 0.29) is 0 Å². The summed E-state index contributed by atoms with van der Waals surface area (Å²) in [6, 6.07) is 0. The maximum absolute atomic E-state index is 10.4. The Morgan fingerprint density at radius 1 is 0.513 bits per heavy atom. The number of carboxylic acid groups (broad SMARTS) is 2. The monoisotopic (exact) mass is 554 g/mol. The van der Waals surface area contributed by atoms with Crippen LogP contribution in [0.2, 0.25) is 0 Å². The molecule has 0 radical (unpaired) electrons. The maximum Gasteiger partial charge on any atom is 0.332 e. The number of carbonyl (C=O) groups is 2. The van der Waals surface area contributed by atoms with Gasteiger partial charge in [-0.3, -0.25) is 4.79 Å². The van der Waals surface area contributed by atoms with Gasteiger partial charge < -0.3 is 15.3 Å². The minimum absolute atomic E-state index is 0.331. The van der Waals surface area contributed by atoms with E-state index in [1.807, 2.05) is 0 Å². The van der Waals surface area contributed by atoms with Crippen molar-refractivity contribution in [1.82, 2.24) is 0 Å². The van der Waals surface area contributed by atoms with E-state index < -0.39 is 18.0 Å². The molecule has 0 rings (SSSR count). The largest absolute Gasteiger partial charge is 0.481 e. The number of allylic oxidation sites excluding steroid dienone is 2. The molecule has 5 nitrogen and oxygen atoms in total. The number of hydrogen-bond acceptors (Lipinski definition) is 3. The molecule has 1 atom stereocenters. The van der Waals surface area contributed by atoms with Crippen LogP contribution in [0.1, 0.15) is 187 Å². The number of rotatable bonds is 29. The number of aliphatic carboxylic acids is 2. The van der Waals surface area contributed by atoms with Gasteiger partial charge in [-0.05, 0) is 38.5 Å². The molecule has 0 aliphatic heterocycles. The first-order chi connectivity index (χ1) is 19.0. The molecule has 0 amide bonds. The van der Waals surface area contributed by atoms with Crippen LogP contribution >= 0.6 is 0 Å². The fourth-order valence-corrected chi connectivity index (χ4v) is 4.65. The predicted octanol–water partition coefficient (Wildman–Crippen LogP) is 10.6. The standard InChI is InChI=1S/C18H36O3.C16H30O2/c1-2-3-4-5-6-7-8-9-10-11-12-13-14-15-16-17(19)18(20)21;1-2-3-4-5-6-7-8-9-10-11-12-13-14-15-16(17)18/h17,19H,2-16H2,1H3,(H,20,21);7-8H,2-6,9-15H2,1H3,(H,17,18)/b;8-7-. The van der Waals surface area contributed by atoms with Gasteiger partial charge in [0.25, 0.3) is 0 Å². The molecule has 0 heterocycles. The SMILES string of the molecule is CCCCCC/C=C\CCCCCCCC(=O)O.CCCCCCCCCCCCCCCCC(O)C(=O)O. The Morgan fingerprint density at radius 2 is 0.846 bits per heavy atom. The third-order valence-corrected chi connectivity index (χ3v) is 7.27. The summed E-state index contributed by atoms with van der Waals surface area (Å²) in [6.45, 7) is 4.50. The number of carboxylic acids is 2. The number of hydrogen-bond donors (Lipinski definition) is 3. The molecular weight excluding hydrogens is 488 g/mol. The zero-order valence-corrected chi connectivity index (χ0v) is 26.0. The Morgan fingerprint density at radius 3 is 1.23 bits per heavy atom. The van der Waals surface area contributed by atoms with E-state index in [1.54, 1.807) is 0 Å². The van der Waals surface area contributed by atoms with Crippen LogP contribution in [0, 0.1) is 0 Å². The maximum atomic E-state index is 10.4. The normalized spacial score (nSPS) is 11.9. The van der Waals surface area contributed by atoms with Gasteiger partial charge in [0.1, 0.15) is 0 Å². The van der Waals surface area contributed by atoms with E-state index in [0.29, 0.717) is 12.8 Å². The van der Waals surface area contributed by atoms with Gasteiger partial charge in [-0.15, -0.1) is 0 Å². The number of unbranched alkanes of at least 4 members (excludes halogenated alkanes) is 22. The topological polar surface area (TPSA) is 94.8 Å². The summed E-state index contributed by atoms with van der Waals surface area (Å²) in [5.41, 5.74) is 0. The van der Waals surface area contributed by atoms with Crippen LogP contribution in [0.4, 0.5) is 0 Å². The van der Waals surface area contributed by atoms with Gasteiger partial charge in [0.05, 0.1) is 0 Å². The van der Waals surface area contributed by atoms with Crippen molar-refractivity contribution in [3.8, 4) is 0 Å². The molecule has 0 spiro atoms. The average Bonchev–Trinajstić information content (AvgIpc) is 2.91. The lowest BCUT2D eigenvalue weighted by Crippen LogP contribution is -2.18. The molecule has 0 saturated heterocycles. The summed E-state index contributed by atoms with van der Waals surface area (Å²) >= 11 is 0. The van der Waals surface area contributed by atoms with Crippen molar-refractivity contribution in [2.24, 2.45) is 0 Å². The molecule has 39 heavy (non-hydrogen) atoms. The Labute approximate surface area is 242 Å². The third kappa shape index (κ3) is 38.9.